The molecule has 0 saturated carbocycles. The second-order valence-electron chi connectivity index (χ2n) is 7.65. The zero-order chi connectivity index (χ0) is 19.4. The predicted octanol–water partition coefficient (Wildman–Crippen LogP) is 4.79. The number of amides is 1. The molecule has 1 amide bonds. The summed E-state index contributed by atoms with van der Waals surface area (Å²) >= 11 is 6.09. The molecule has 0 fully saturated rings. The number of carbonyl (C=O) groups is 1. The Hall–Kier alpha value is -1.81. The van der Waals surface area contributed by atoms with Gasteiger partial charge in [-0.1, -0.05) is 37.6 Å². The summed E-state index contributed by atoms with van der Waals surface area (Å²) in [5, 5.41) is 5.33. The van der Waals surface area contributed by atoms with Gasteiger partial charge in [0.2, 0.25) is 5.91 Å². The summed E-state index contributed by atoms with van der Waals surface area (Å²) in [4.78, 5) is 14.9. The highest BCUT2D eigenvalue weighted by Crippen LogP contribution is 2.19. The maximum atomic E-state index is 13.0. The van der Waals surface area contributed by atoms with Gasteiger partial charge in [-0.05, 0) is 51.3 Å². The molecule has 5 heteroatoms. The molecule has 1 aromatic carbocycles. The Morgan fingerprint density at radius 3 is 2.50 bits per heavy atom. The van der Waals surface area contributed by atoms with Gasteiger partial charge >= 0.3 is 0 Å². The lowest BCUT2D eigenvalue weighted by Gasteiger charge is -2.27. The second kappa shape index (κ2) is 8.72. The first-order valence-corrected chi connectivity index (χ1v) is 9.63. The van der Waals surface area contributed by atoms with E-state index in [9.17, 15) is 4.79 Å². The molecule has 0 bridgehead atoms. The Bertz CT molecular complexity index is 765. The molecule has 142 valence electrons. The number of rotatable bonds is 7. The van der Waals surface area contributed by atoms with Crippen molar-refractivity contribution in [1.82, 2.24) is 14.7 Å². The first-order chi connectivity index (χ1) is 12.2. The normalized spacial score (nSPS) is 11.4. The summed E-state index contributed by atoms with van der Waals surface area (Å²) in [5.41, 5.74) is 4.13. The van der Waals surface area contributed by atoms with Crippen LogP contribution < -0.4 is 0 Å². The quantitative estimate of drug-likeness (QED) is 0.697. The van der Waals surface area contributed by atoms with Gasteiger partial charge in [0, 0.05) is 35.4 Å². The van der Waals surface area contributed by atoms with E-state index in [1.165, 1.54) is 0 Å². The second-order valence-corrected chi connectivity index (χ2v) is 8.08. The molecule has 0 radical (unpaired) electrons. The highest BCUT2D eigenvalue weighted by atomic mass is 35.5. The van der Waals surface area contributed by atoms with Crippen molar-refractivity contribution in [3.63, 3.8) is 0 Å². The molecule has 2 aromatic rings. The molecule has 0 aliphatic heterocycles. The Balaban J connectivity index is 2.19. The van der Waals surface area contributed by atoms with E-state index < -0.39 is 0 Å². The number of hydrogen-bond donors (Lipinski definition) is 0. The third-order valence-corrected chi connectivity index (χ3v) is 4.82. The van der Waals surface area contributed by atoms with Gasteiger partial charge in [-0.25, -0.2) is 0 Å². The zero-order valence-electron chi connectivity index (χ0n) is 16.7. The van der Waals surface area contributed by atoms with Crippen LogP contribution in [0, 0.1) is 19.8 Å². The molecule has 0 unspecified atom stereocenters. The minimum absolute atomic E-state index is 0.118. The molecule has 1 aromatic heterocycles. The third-order valence-electron chi connectivity index (χ3n) is 4.58. The van der Waals surface area contributed by atoms with Gasteiger partial charge in [0.15, 0.2) is 0 Å². The van der Waals surface area contributed by atoms with Gasteiger partial charge < -0.3 is 4.90 Å². The largest absolute Gasteiger partial charge is 0.336 e. The lowest BCUT2D eigenvalue weighted by atomic mass is 10.1. The van der Waals surface area contributed by atoms with Gasteiger partial charge in [-0.15, -0.1) is 0 Å². The Morgan fingerprint density at radius 2 is 1.92 bits per heavy atom. The van der Waals surface area contributed by atoms with Gasteiger partial charge in [0.05, 0.1) is 12.1 Å². The highest BCUT2D eigenvalue weighted by molar-refractivity contribution is 6.30. The lowest BCUT2D eigenvalue weighted by Crippen LogP contribution is -2.37. The zero-order valence-corrected chi connectivity index (χ0v) is 17.5. The van der Waals surface area contributed by atoms with Crippen LogP contribution in [0.2, 0.25) is 5.02 Å². The fourth-order valence-corrected chi connectivity index (χ4v) is 3.37. The summed E-state index contributed by atoms with van der Waals surface area (Å²) in [7, 11) is 0. The molecule has 26 heavy (non-hydrogen) atoms. The van der Waals surface area contributed by atoms with Crippen molar-refractivity contribution >= 4 is 17.5 Å². The van der Waals surface area contributed by atoms with Crippen LogP contribution in [0.15, 0.2) is 24.3 Å². The van der Waals surface area contributed by atoms with Crippen LogP contribution in [0.5, 0.6) is 0 Å². The predicted molar refractivity (Wildman–Crippen MR) is 107 cm³/mol. The monoisotopic (exact) mass is 375 g/mol. The topological polar surface area (TPSA) is 38.1 Å². The average molecular weight is 376 g/mol. The van der Waals surface area contributed by atoms with Crippen molar-refractivity contribution in [3.05, 3.63) is 51.8 Å². The highest BCUT2D eigenvalue weighted by Gasteiger charge is 2.22. The van der Waals surface area contributed by atoms with Crippen LogP contribution in [0.4, 0.5) is 0 Å². The lowest BCUT2D eigenvalue weighted by molar-refractivity contribution is -0.132. The molecule has 2 rings (SSSR count). The number of benzene rings is 1. The number of hydrogen-bond acceptors (Lipinski definition) is 2. The van der Waals surface area contributed by atoms with Crippen LogP contribution in [0.1, 0.15) is 50.2 Å². The van der Waals surface area contributed by atoms with Gasteiger partial charge in [-0.2, -0.15) is 5.10 Å². The van der Waals surface area contributed by atoms with Gasteiger partial charge in [0.25, 0.3) is 0 Å². The van der Waals surface area contributed by atoms with Crippen LogP contribution in [0.3, 0.4) is 0 Å². The SMILES string of the molecule is Cc1nn(CC(C)C)c(C)c1CC(=O)N(Cc1cccc(Cl)c1)C(C)C. The van der Waals surface area contributed by atoms with Crippen LogP contribution >= 0.6 is 11.6 Å². The number of carbonyl (C=O) groups excluding carboxylic acids is 1. The molecule has 1 heterocycles. The smallest absolute Gasteiger partial charge is 0.227 e. The molecule has 0 saturated heterocycles. The van der Waals surface area contributed by atoms with E-state index in [0.29, 0.717) is 23.9 Å². The summed E-state index contributed by atoms with van der Waals surface area (Å²) in [6.07, 6.45) is 0.383. The molecule has 0 spiro atoms. The molecular formula is C21H30ClN3O. The van der Waals surface area contributed by atoms with E-state index in [1.54, 1.807) is 0 Å². The van der Waals surface area contributed by atoms with Crippen LogP contribution in [-0.2, 0) is 24.3 Å². The van der Waals surface area contributed by atoms with E-state index in [1.807, 2.05) is 54.6 Å². The third kappa shape index (κ3) is 5.10. The van der Waals surface area contributed by atoms with Crippen molar-refractivity contribution in [2.24, 2.45) is 5.92 Å². The van der Waals surface area contributed by atoms with E-state index in [0.717, 1.165) is 29.1 Å². The minimum Gasteiger partial charge on any atom is -0.336 e. The van der Waals surface area contributed by atoms with Crippen LogP contribution in [0.25, 0.3) is 0 Å². The molecule has 4 nitrogen and oxygen atoms in total. The Morgan fingerprint density at radius 1 is 1.23 bits per heavy atom. The molecular weight excluding hydrogens is 346 g/mol. The van der Waals surface area contributed by atoms with E-state index in [4.69, 9.17) is 11.6 Å². The van der Waals surface area contributed by atoms with E-state index in [2.05, 4.69) is 25.9 Å². The van der Waals surface area contributed by atoms with E-state index >= 15 is 0 Å². The molecule has 0 aliphatic rings. The minimum atomic E-state index is 0.118. The van der Waals surface area contributed by atoms with Crippen molar-refractivity contribution in [2.45, 2.75) is 67.1 Å². The maximum absolute atomic E-state index is 13.0. The number of aryl methyl sites for hydroxylation is 1. The van der Waals surface area contributed by atoms with Crippen LogP contribution in [-0.4, -0.2) is 26.6 Å². The summed E-state index contributed by atoms with van der Waals surface area (Å²) in [6.45, 7) is 13.9. The summed E-state index contributed by atoms with van der Waals surface area (Å²) < 4.78 is 2.03. The summed E-state index contributed by atoms with van der Waals surface area (Å²) in [5.74, 6) is 0.641. The number of halogens is 1. The fraction of sp³-hybridized carbons (Fsp3) is 0.524. The van der Waals surface area contributed by atoms with Gasteiger partial charge in [-0.3, -0.25) is 9.48 Å². The molecule has 0 N–H and O–H groups in total. The maximum Gasteiger partial charge on any atom is 0.227 e. The molecule has 0 aliphatic carbocycles. The first-order valence-electron chi connectivity index (χ1n) is 9.25. The fourth-order valence-electron chi connectivity index (χ4n) is 3.16. The van der Waals surface area contributed by atoms with Crippen molar-refractivity contribution in [2.75, 3.05) is 0 Å². The number of aromatic nitrogens is 2. The first kappa shape index (κ1) is 20.5. The Labute approximate surface area is 162 Å². The van der Waals surface area contributed by atoms with Crippen molar-refractivity contribution in [3.8, 4) is 0 Å². The van der Waals surface area contributed by atoms with Crippen molar-refractivity contribution in [1.29, 1.82) is 0 Å². The van der Waals surface area contributed by atoms with E-state index in [-0.39, 0.29) is 11.9 Å². The summed E-state index contributed by atoms with van der Waals surface area (Å²) in [6, 6.07) is 7.81. The standard InChI is InChI=1S/C21H30ClN3O/c1-14(2)12-25-17(6)20(16(5)23-25)11-21(26)24(15(3)4)13-18-8-7-9-19(22)10-18/h7-10,14-15H,11-13H2,1-6H3. The average Bonchev–Trinajstić information content (AvgIpc) is 2.79. The molecule has 0 atom stereocenters. The van der Waals surface area contributed by atoms with Crippen molar-refractivity contribution < 1.29 is 4.79 Å². The Kier molecular flexibility index (Phi) is 6.87. The van der Waals surface area contributed by atoms with Gasteiger partial charge in [0.1, 0.15) is 0 Å². The number of nitrogens with zero attached hydrogens (tertiary/aromatic N) is 3.